The van der Waals surface area contributed by atoms with Crippen molar-refractivity contribution in [3.05, 3.63) is 74.8 Å². The predicted octanol–water partition coefficient (Wildman–Crippen LogP) is 4.30. The quantitative estimate of drug-likeness (QED) is 0.539. The lowest BCUT2D eigenvalue weighted by atomic mass is 9.92. The molecule has 2 aromatic carbocycles. The molecule has 3 atom stereocenters. The zero-order valence-electron chi connectivity index (χ0n) is 16.1. The molecule has 0 saturated heterocycles. The fraction of sp³-hybridized carbons (Fsp3) is 0.333. The van der Waals surface area contributed by atoms with Gasteiger partial charge in [0.1, 0.15) is 5.60 Å². The first-order valence-corrected chi connectivity index (χ1v) is 9.53. The molecule has 150 valence electrons. The summed E-state index contributed by atoms with van der Waals surface area (Å²) < 4.78 is 5.40. The fourth-order valence-corrected chi connectivity index (χ4v) is 4.45. The second-order valence-corrected chi connectivity index (χ2v) is 8.71. The van der Waals surface area contributed by atoms with Crippen LogP contribution in [-0.4, -0.2) is 28.6 Å². The monoisotopic (exact) mass is 414 g/mol. The van der Waals surface area contributed by atoms with Crippen LogP contribution in [0.4, 0.5) is 10.5 Å². The van der Waals surface area contributed by atoms with E-state index in [1.165, 1.54) is 6.07 Å². The van der Waals surface area contributed by atoms with E-state index in [1.807, 2.05) is 0 Å². The summed E-state index contributed by atoms with van der Waals surface area (Å²) in [6.45, 7) is 5.05. The van der Waals surface area contributed by atoms with Crippen LogP contribution in [0.3, 0.4) is 0 Å². The van der Waals surface area contributed by atoms with Crippen LogP contribution in [0.5, 0.6) is 0 Å². The van der Waals surface area contributed by atoms with Gasteiger partial charge in [-0.2, -0.15) is 0 Å². The first-order chi connectivity index (χ1) is 13.6. The molecule has 2 amide bonds. The Kier molecular flexibility index (Phi) is 4.20. The highest BCUT2D eigenvalue weighted by Gasteiger charge is 2.83. The minimum Gasteiger partial charge on any atom is -0.443 e. The number of fused-ring (bicyclic) bond motifs is 2. The Morgan fingerprint density at radius 1 is 1.21 bits per heavy atom. The molecular weight excluding hydrogens is 396 g/mol. The molecule has 1 aliphatic heterocycles. The topological polar surface area (TPSA) is 89.8 Å². The molecule has 2 aliphatic rings. The lowest BCUT2D eigenvalue weighted by molar-refractivity contribution is -0.499. The molecule has 1 heterocycles. The molecule has 1 saturated carbocycles. The van der Waals surface area contributed by atoms with Crippen molar-refractivity contribution in [2.24, 2.45) is 0 Å². The van der Waals surface area contributed by atoms with Gasteiger partial charge in [0, 0.05) is 9.95 Å². The molecule has 0 N–H and O–H groups in total. The molecule has 29 heavy (non-hydrogen) atoms. The van der Waals surface area contributed by atoms with E-state index in [9.17, 15) is 19.7 Å². The number of carbonyl (C=O) groups is 2. The molecule has 7 nitrogen and oxygen atoms in total. The van der Waals surface area contributed by atoms with Crippen LogP contribution >= 0.6 is 11.6 Å². The van der Waals surface area contributed by atoms with Crippen molar-refractivity contribution in [3.8, 4) is 0 Å². The minimum atomic E-state index is -1.46. The molecule has 2 aromatic rings. The first-order valence-electron chi connectivity index (χ1n) is 9.15. The average molecular weight is 415 g/mol. The number of ether oxygens (including phenoxy) is 1. The summed E-state index contributed by atoms with van der Waals surface area (Å²) in [6.07, 6.45) is -0.872. The number of hydrogen-bond acceptors (Lipinski definition) is 5. The zero-order chi connectivity index (χ0) is 21.1. The third-order valence-electron chi connectivity index (χ3n) is 5.33. The van der Waals surface area contributed by atoms with Crippen LogP contribution < -0.4 is 4.90 Å². The average Bonchev–Trinajstić information content (AvgIpc) is 3.26. The van der Waals surface area contributed by atoms with Crippen LogP contribution in [-0.2, 0) is 14.9 Å². The Morgan fingerprint density at radius 2 is 1.86 bits per heavy atom. The molecule has 1 unspecified atom stereocenters. The van der Waals surface area contributed by atoms with Crippen LogP contribution in [0.1, 0.15) is 37.8 Å². The fourth-order valence-electron chi connectivity index (χ4n) is 4.29. The van der Waals surface area contributed by atoms with Crippen LogP contribution in [0.15, 0.2) is 48.5 Å². The van der Waals surface area contributed by atoms with Crippen LogP contribution in [0, 0.1) is 10.1 Å². The zero-order valence-corrected chi connectivity index (χ0v) is 16.8. The maximum atomic E-state index is 13.6. The van der Waals surface area contributed by atoms with Gasteiger partial charge in [-0.25, -0.2) is 9.69 Å². The van der Waals surface area contributed by atoms with Gasteiger partial charge in [0.2, 0.25) is 6.04 Å². The van der Waals surface area contributed by atoms with E-state index < -0.39 is 39.9 Å². The van der Waals surface area contributed by atoms with E-state index in [1.54, 1.807) is 63.2 Å². The van der Waals surface area contributed by atoms with Crippen molar-refractivity contribution in [2.75, 3.05) is 4.90 Å². The number of imide groups is 1. The normalized spacial score (nSPS) is 25.1. The molecule has 1 fully saturated rings. The van der Waals surface area contributed by atoms with E-state index in [0.717, 1.165) is 4.90 Å². The van der Waals surface area contributed by atoms with E-state index in [2.05, 4.69) is 0 Å². The molecule has 4 rings (SSSR count). The maximum absolute atomic E-state index is 13.6. The second-order valence-electron chi connectivity index (χ2n) is 8.27. The predicted molar refractivity (Wildman–Crippen MR) is 107 cm³/mol. The lowest BCUT2D eigenvalue weighted by Gasteiger charge is -2.24. The van der Waals surface area contributed by atoms with Crippen LogP contribution in [0.25, 0.3) is 0 Å². The van der Waals surface area contributed by atoms with E-state index in [-0.39, 0.29) is 5.69 Å². The van der Waals surface area contributed by atoms with Crippen LogP contribution in [0.2, 0.25) is 5.02 Å². The van der Waals surface area contributed by atoms with E-state index in [0.29, 0.717) is 16.1 Å². The van der Waals surface area contributed by atoms with Crippen molar-refractivity contribution in [3.63, 3.8) is 0 Å². The molecule has 8 heteroatoms. The highest BCUT2D eigenvalue weighted by Crippen LogP contribution is 2.67. The summed E-state index contributed by atoms with van der Waals surface area (Å²) in [5.41, 5.74) is -0.955. The lowest BCUT2D eigenvalue weighted by Crippen LogP contribution is -2.42. The van der Waals surface area contributed by atoms with Gasteiger partial charge in [-0.1, -0.05) is 48.0 Å². The smallest absolute Gasteiger partial charge is 0.421 e. The number of nitrogens with zero attached hydrogens (tertiary/aromatic N) is 2. The Morgan fingerprint density at radius 3 is 2.45 bits per heavy atom. The largest absolute Gasteiger partial charge is 0.443 e. The summed E-state index contributed by atoms with van der Waals surface area (Å²) in [7, 11) is 0. The SMILES string of the molecule is CC(C)(C)OC(=O)N1C(=O)[C@]2(c3ccc(Cl)cc31)C([N+](=O)[O-])[C@@H]2c1ccccc1. The van der Waals surface area contributed by atoms with Crippen molar-refractivity contribution in [2.45, 2.75) is 43.7 Å². The number of hydrogen-bond donors (Lipinski definition) is 0. The molecular formula is C21H19ClN2O5. The Hall–Kier alpha value is -2.93. The third kappa shape index (κ3) is 2.80. The Balaban J connectivity index is 1.88. The number of halogens is 1. The van der Waals surface area contributed by atoms with Gasteiger partial charge < -0.3 is 4.74 Å². The summed E-state index contributed by atoms with van der Waals surface area (Å²) in [4.78, 5) is 38.8. The number of amides is 2. The van der Waals surface area contributed by atoms with Crippen molar-refractivity contribution < 1.29 is 19.2 Å². The van der Waals surface area contributed by atoms with E-state index >= 15 is 0 Å². The summed E-state index contributed by atoms with van der Waals surface area (Å²) in [5, 5.41) is 12.2. The van der Waals surface area contributed by atoms with Gasteiger partial charge in [-0.3, -0.25) is 14.9 Å². The van der Waals surface area contributed by atoms with Gasteiger partial charge in [-0.05, 0) is 44.0 Å². The Labute approximate surface area is 172 Å². The van der Waals surface area contributed by atoms with Gasteiger partial charge in [0.05, 0.1) is 11.6 Å². The van der Waals surface area contributed by atoms with Crippen molar-refractivity contribution >= 4 is 29.3 Å². The summed E-state index contributed by atoms with van der Waals surface area (Å²) >= 11 is 6.12. The molecule has 1 spiro atoms. The highest BCUT2D eigenvalue weighted by molar-refractivity contribution is 6.32. The van der Waals surface area contributed by atoms with Gasteiger partial charge in [-0.15, -0.1) is 0 Å². The number of rotatable bonds is 2. The van der Waals surface area contributed by atoms with Crippen molar-refractivity contribution in [1.82, 2.24) is 0 Å². The van der Waals surface area contributed by atoms with Gasteiger partial charge in [0.15, 0.2) is 5.41 Å². The number of anilines is 1. The highest BCUT2D eigenvalue weighted by atomic mass is 35.5. The number of nitro groups is 1. The minimum absolute atomic E-state index is 0.238. The Bertz CT molecular complexity index is 1030. The standard InChI is InChI=1S/C21H19ClN2O5/c1-20(2,3)29-19(26)23-15-11-13(22)9-10-14(15)21(18(23)25)16(17(21)24(27)28)12-7-5-4-6-8-12/h4-11,16-17H,1-3H3/t16-,17?,21-/m0/s1. The molecule has 0 bridgehead atoms. The molecule has 0 radical (unpaired) electrons. The third-order valence-corrected chi connectivity index (χ3v) is 5.56. The number of benzene rings is 2. The van der Waals surface area contributed by atoms with Gasteiger partial charge in [0.25, 0.3) is 5.91 Å². The molecule has 0 aromatic heterocycles. The summed E-state index contributed by atoms with van der Waals surface area (Å²) in [6, 6.07) is 12.3. The first kappa shape index (κ1) is 19.4. The van der Waals surface area contributed by atoms with E-state index in [4.69, 9.17) is 16.3 Å². The number of carbonyl (C=O) groups excluding carboxylic acids is 2. The van der Waals surface area contributed by atoms with Gasteiger partial charge >= 0.3 is 6.09 Å². The maximum Gasteiger partial charge on any atom is 0.421 e. The van der Waals surface area contributed by atoms with Crippen molar-refractivity contribution in [1.29, 1.82) is 0 Å². The second kappa shape index (κ2) is 6.29. The molecule has 1 aliphatic carbocycles. The summed E-state index contributed by atoms with van der Waals surface area (Å²) in [5.74, 6) is -1.34.